The second-order valence-electron chi connectivity index (χ2n) is 5.64. The van der Waals surface area contributed by atoms with E-state index in [2.05, 4.69) is 22.4 Å². The zero-order chi connectivity index (χ0) is 18.9. The second-order valence-corrected chi connectivity index (χ2v) is 5.64. The molecule has 0 atom stereocenters. The number of aromatic hydroxyl groups is 1. The van der Waals surface area contributed by atoms with Gasteiger partial charge in [-0.25, -0.2) is 10.2 Å². The van der Waals surface area contributed by atoms with Crippen LogP contribution in [0.3, 0.4) is 0 Å². The molecule has 2 rings (SSSR count). The van der Waals surface area contributed by atoms with Gasteiger partial charge in [-0.15, -0.1) is 6.58 Å². The highest BCUT2D eigenvalue weighted by Gasteiger charge is 2.09. The number of urea groups is 1. The van der Waals surface area contributed by atoms with Crippen LogP contribution in [0, 0.1) is 6.92 Å². The summed E-state index contributed by atoms with van der Waals surface area (Å²) in [5.41, 5.74) is 5.57. The molecule has 2 aromatic carbocycles. The zero-order valence-corrected chi connectivity index (χ0v) is 15.0. The number of anilines is 1. The summed E-state index contributed by atoms with van der Waals surface area (Å²) in [7, 11) is 0. The molecule has 3 N–H and O–H groups in total. The number of phenolic OH excluding ortho intramolecular Hbond substituents is 1. The van der Waals surface area contributed by atoms with E-state index >= 15 is 0 Å². The van der Waals surface area contributed by atoms with Crippen LogP contribution in [-0.4, -0.2) is 24.0 Å². The largest absolute Gasteiger partial charge is 0.504 e. The van der Waals surface area contributed by atoms with Gasteiger partial charge < -0.3 is 15.2 Å². The van der Waals surface area contributed by atoms with E-state index in [4.69, 9.17) is 4.74 Å². The number of nitrogens with one attached hydrogen (secondary N) is 2. The fourth-order valence-electron chi connectivity index (χ4n) is 2.30. The number of nitrogens with zero attached hydrogens (tertiary/aromatic N) is 1. The van der Waals surface area contributed by atoms with E-state index in [0.29, 0.717) is 35.6 Å². The van der Waals surface area contributed by atoms with Crippen LogP contribution in [-0.2, 0) is 6.42 Å². The Labute approximate surface area is 153 Å². The Hall–Kier alpha value is -3.28. The molecule has 0 fully saturated rings. The number of amides is 2. The normalized spacial score (nSPS) is 10.5. The van der Waals surface area contributed by atoms with Gasteiger partial charge in [-0.1, -0.05) is 23.8 Å². The molecule has 0 aliphatic rings. The maximum Gasteiger partial charge on any atom is 0.339 e. The van der Waals surface area contributed by atoms with Crippen molar-refractivity contribution in [2.24, 2.45) is 5.10 Å². The highest BCUT2D eigenvalue weighted by Crippen LogP contribution is 2.31. The van der Waals surface area contributed by atoms with Crippen molar-refractivity contribution in [1.29, 1.82) is 0 Å². The second kappa shape index (κ2) is 9.27. The van der Waals surface area contributed by atoms with Crippen molar-refractivity contribution in [2.75, 3.05) is 11.9 Å². The smallest absolute Gasteiger partial charge is 0.339 e. The quantitative estimate of drug-likeness (QED) is 0.400. The molecule has 0 aromatic heterocycles. The molecule has 136 valence electrons. The molecular weight excluding hydrogens is 330 g/mol. The van der Waals surface area contributed by atoms with Gasteiger partial charge in [-0.05, 0) is 50.1 Å². The summed E-state index contributed by atoms with van der Waals surface area (Å²) >= 11 is 0. The summed E-state index contributed by atoms with van der Waals surface area (Å²) in [5, 5.41) is 16.8. The number of hydrogen-bond donors (Lipinski definition) is 3. The lowest BCUT2D eigenvalue weighted by Gasteiger charge is -2.11. The number of phenols is 1. The van der Waals surface area contributed by atoms with Crippen LogP contribution in [0.15, 0.2) is 54.2 Å². The third kappa shape index (κ3) is 5.37. The van der Waals surface area contributed by atoms with E-state index in [0.717, 1.165) is 5.56 Å². The summed E-state index contributed by atoms with van der Waals surface area (Å²) in [4.78, 5) is 11.9. The van der Waals surface area contributed by atoms with Gasteiger partial charge in [0.25, 0.3) is 0 Å². The predicted octanol–water partition coefficient (Wildman–Crippen LogP) is 3.98. The number of carbonyl (C=O) groups excluding carboxylic acids is 1. The molecule has 6 heteroatoms. The Kier molecular flexibility index (Phi) is 6.79. The minimum absolute atomic E-state index is 0.0916. The van der Waals surface area contributed by atoms with Gasteiger partial charge in [0.2, 0.25) is 0 Å². The van der Waals surface area contributed by atoms with Crippen molar-refractivity contribution in [3.05, 3.63) is 65.7 Å². The first-order valence-electron chi connectivity index (χ1n) is 8.29. The highest BCUT2D eigenvalue weighted by atomic mass is 16.5. The molecule has 26 heavy (non-hydrogen) atoms. The molecule has 0 heterocycles. The predicted molar refractivity (Wildman–Crippen MR) is 104 cm³/mol. The number of allylic oxidation sites excluding steroid dienone is 1. The maximum atomic E-state index is 11.9. The van der Waals surface area contributed by atoms with Crippen molar-refractivity contribution in [1.82, 2.24) is 5.43 Å². The summed E-state index contributed by atoms with van der Waals surface area (Å²) in [6, 6.07) is 10.4. The van der Waals surface area contributed by atoms with Crippen LogP contribution in [0.1, 0.15) is 23.6 Å². The molecule has 0 aliphatic heterocycles. The van der Waals surface area contributed by atoms with Gasteiger partial charge in [-0.3, -0.25) is 0 Å². The minimum atomic E-state index is -0.444. The van der Waals surface area contributed by atoms with Gasteiger partial charge in [0.05, 0.1) is 12.8 Å². The van der Waals surface area contributed by atoms with E-state index < -0.39 is 6.03 Å². The Morgan fingerprint density at radius 1 is 1.31 bits per heavy atom. The number of hydrazone groups is 1. The van der Waals surface area contributed by atoms with Crippen LogP contribution in [0.25, 0.3) is 0 Å². The lowest BCUT2D eigenvalue weighted by atomic mass is 10.1. The molecule has 0 saturated carbocycles. The average Bonchev–Trinajstić information content (AvgIpc) is 2.61. The SMILES string of the molecule is C=CCc1cc(/C=N/NC(=O)Nc2ccc(C)cc2)cc(OCC)c1O. The first kappa shape index (κ1) is 19.1. The standard InChI is InChI=1S/C20H23N3O3/c1-4-6-16-11-15(12-18(19(16)24)26-5-2)13-21-23-20(25)22-17-9-7-14(3)8-10-17/h4,7-13,24H,1,5-6H2,2-3H3,(H2,22,23,25)/b21-13+. The molecule has 6 nitrogen and oxygen atoms in total. The van der Waals surface area contributed by atoms with Crippen LogP contribution < -0.4 is 15.5 Å². The number of carbonyl (C=O) groups is 1. The monoisotopic (exact) mass is 353 g/mol. The first-order valence-corrected chi connectivity index (χ1v) is 8.29. The topological polar surface area (TPSA) is 83.0 Å². The molecule has 2 aromatic rings. The van der Waals surface area contributed by atoms with E-state index in [1.165, 1.54) is 6.21 Å². The van der Waals surface area contributed by atoms with E-state index in [1.807, 2.05) is 38.1 Å². The lowest BCUT2D eigenvalue weighted by Crippen LogP contribution is -2.24. The Balaban J connectivity index is 2.05. The number of benzene rings is 2. The van der Waals surface area contributed by atoms with Crippen molar-refractivity contribution in [2.45, 2.75) is 20.3 Å². The summed E-state index contributed by atoms with van der Waals surface area (Å²) < 4.78 is 5.43. The van der Waals surface area contributed by atoms with E-state index in [-0.39, 0.29) is 5.75 Å². The van der Waals surface area contributed by atoms with Crippen molar-refractivity contribution in [3.63, 3.8) is 0 Å². The fourth-order valence-corrected chi connectivity index (χ4v) is 2.30. The van der Waals surface area contributed by atoms with Gasteiger partial charge in [-0.2, -0.15) is 5.10 Å². The molecular formula is C20H23N3O3. The van der Waals surface area contributed by atoms with Crippen LogP contribution in [0.5, 0.6) is 11.5 Å². The molecule has 0 aliphatic carbocycles. The lowest BCUT2D eigenvalue weighted by molar-refractivity contribution is 0.252. The Bertz CT molecular complexity index is 799. The molecule has 0 radical (unpaired) electrons. The Morgan fingerprint density at radius 2 is 2.04 bits per heavy atom. The molecule has 0 spiro atoms. The van der Waals surface area contributed by atoms with Crippen molar-refractivity contribution >= 4 is 17.9 Å². The maximum absolute atomic E-state index is 11.9. The van der Waals surface area contributed by atoms with Crippen LogP contribution in [0.2, 0.25) is 0 Å². The zero-order valence-electron chi connectivity index (χ0n) is 15.0. The fraction of sp³-hybridized carbons (Fsp3) is 0.200. The van der Waals surface area contributed by atoms with Crippen molar-refractivity contribution in [3.8, 4) is 11.5 Å². The van der Waals surface area contributed by atoms with Crippen LogP contribution >= 0.6 is 0 Å². The molecule has 0 unspecified atom stereocenters. The Morgan fingerprint density at radius 3 is 2.69 bits per heavy atom. The van der Waals surface area contributed by atoms with Crippen LogP contribution in [0.4, 0.5) is 10.5 Å². The summed E-state index contributed by atoms with van der Waals surface area (Å²) in [6.45, 7) is 7.92. The number of rotatable bonds is 7. The van der Waals surface area contributed by atoms with Gasteiger partial charge in [0.1, 0.15) is 0 Å². The summed E-state index contributed by atoms with van der Waals surface area (Å²) in [5.74, 6) is 0.464. The molecule has 0 bridgehead atoms. The van der Waals surface area contributed by atoms with Gasteiger partial charge in [0, 0.05) is 11.3 Å². The minimum Gasteiger partial charge on any atom is -0.504 e. The van der Waals surface area contributed by atoms with E-state index in [1.54, 1.807) is 18.2 Å². The molecule has 0 saturated heterocycles. The highest BCUT2D eigenvalue weighted by molar-refractivity contribution is 5.90. The molecule has 2 amide bonds. The van der Waals surface area contributed by atoms with Gasteiger partial charge in [0.15, 0.2) is 11.5 Å². The average molecular weight is 353 g/mol. The van der Waals surface area contributed by atoms with Gasteiger partial charge >= 0.3 is 6.03 Å². The third-order valence-electron chi connectivity index (χ3n) is 3.53. The third-order valence-corrected chi connectivity index (χ3v) is 3.53. The summed E-state index contributed by atoms with van der Waals surface area (Å²) in [6.07, 6.45) is 3.68. The van der Waals surface area contributed by atoms with Crippen molar-refractivity contribution < 1.29 is 14.6 Å². The number of hydrogen-bond acceptors (Lipinski definition) is 4. The number of aryl methyl sites for hydroxylation is 1. The van der Waals surface area contributed by atoms with E-state index in [9.17, 15) is 9.90 Å². The number of ether oxygens (including phenoxy) is 1. The first-order chi connectivity index (χ1) is 12.5.